The van der Waals surface area contributed by atoms with Gasteiger partial charge in [-0.15, -0.1) is 0 Å². The highest BCUT2D eigenvalue weighted by molar-refractivity contribution is 6.31. The normalized spacial score (nSPS) is 14.3. The van der Waals surface area contributed by atoms with Crippen LogP contribution in [0, 0.1) is 13.8 Å². The number of phenols is 2. The van der Waals surface area contributed by atoms with E-state index < -0.39 is 5.41 Å². The van der Waals surface area contributed by atoms with Gasteiger partial charge in [-0.25, -0.2) is 0 Å². The van der Waals surface area contributed by atoms with E-state index in [4.69, 9.17) is 11.6 Å². The first-order valence-electron chi connectivity index (χ1n) is 11.1. The average Bonchev–Trinajstić information content (AvgIpc) is 3.07. The zero-order chi connectivity index (χ0) is 24.0. The number of hydrogen-bond acceptors (Lipinski definition) is 3. The third kappa shape index (κ3) is 3.25. The zero-order valence-electron chi connectivity index (χ0n) is 18.9. The molecule has 0 aromatic heterocycles. The molecule has 170 valence electrons. The number of hydrogen-bond donors (Lipinski definition) is 2. The Morgan fingerprint density at radius 2 is 1.32 bits per heavy atom. The van der Waals surface area contributed by atoms with Gasteiger partial charge < -0.3 is 15.1 Å². The van der Waals surface area contributed by atoms with E-state index in [9.17, 15) is 15.0 Å². The van der Waals surface area contributed by atoms with Crippen LogP contribution in [0.1, 0.15) is 33.4 Å². The Labute approximate surface area is 203 Å². The molecule has 4 nitrogen and oxygen atoms in total. The first-order chi connectivity index (χ1) is 16.3. The van der Waals surface area contributed by atoms with Crippen molar-refractivity contribution in [1.29, 1.82) is 0 Å². The minimum absolute atomic E-state index is 0.0765. The molecule has 0 saturated carbocycles. The summed E-state index contributed by atoms with van der Waals surface area (Å²) in [5.41, 5.74) is 4.26. The number of para-hydroxylation sites is 1. The van der Waals surface area contributed by atoms with Crippen LogP contribution >= 0.6 is 11.6 Å². The summed E-state index contributed by atoms with van der Waals surface area (Å²) in [4.78, 5) is 16.4. The largest absolute Gasteiger partial charge is 0.508 e. The molecule has 2 N–H and O–H groups in total. The first-order valence-corrected chi connectivity index (χ1v) is 11.5. The molecule has 0 aliphatic carbocycles. The number of aryl methyl sites for hydroxylation is 2. The number of benzene rings is 4. The molecular weight excluding hydrogens is 446 g/mol. The second-order valence-electron chi connectivity index (χ2n) is 8.75. The van der Waals surface area contributed by atoms with Crippen molar-refractivity contribution in [2.24, 2.45) is 0 Å². The van der Waals surface area contributed by atoms with Crippen molar-refractivity contribution in [2.75, 3.05) is 4.90 Å². The van der Waals surface area contributed by atoms with Gasteiger partial charge in [0.05, 0.1) is 6.54 Å². The summed E-state index contributed by atoms with van der Waals surface area (Å²) in [7, 11) is 0. The lowest BCUT2D eigenvalue weighted by atomic mass is 9.67. The van der Waals surface area contributed by atoms with E-state index in [1.54, 1.807) is 29.2 Å². The lowest BCUT2D eigenvalue weighted by molar-refractivity contribution is -0.120. The van der Waals surface area contributed by atoms with E-state index in [1.807, 2.05) is 74.5 Å². The van der Waals surface area contributed by atoms with Gasteiger partial charge >= 0.3 is 0 Å². The number of amides is 1. The van der Waals surface area contributed by atoms with Gasteiger partial charge in [-0.05, 0) is 78.1 Å². The van der Waals surface area contributed by atoms with Crippen LogP contribution in [0.25, 0.3) is 0 Å². The Morgan fingerprint density at radius 3 is 1.94 bits per heavy atom. The van der Waals surface area contributed by atoms with E-state index >= 15 is 0 Å². The van der Waals surface area contributed by atoms with Gasteiger partial charge in [0.1, 0.15) is 16.9 Å². The molecule has 0 unspecified atom stereocenters. The average molecular weight is 470 g/mol. The number of phenolic OH excluding ortho intramolecular Hbond substituents is 2. The molecule has 0 spiro atoms. The minimum Gasteiger partial charge on any atom is -0.508 e. The second-order valence-corrected chi connectivity index (χ2v) is 9.16. The molecule has 0 bridgehead atoms. The van der Waals surface area contributed by atoms with E-state index in [2.05, 4.69) is 0 Å². The molecule has 0 saturated heterocycles. The van der Waals surface area contributed by atoms with Gasteiger partial charge in [0.25, 0.3) is 0 Å². The van der Waals surface area contributed by atoms with Crippen molar-refractivity contribution in [3.8, 4) is 11.5 Å². The summed E-state index contributed by atoms with van der Waals surface area (Å²) in [6.45, 7) is 4.16. The summed E-state index contributed by atoms with van der Waals surface area (Å²) in [6.07, 6.45) is 0. The van der Waals surface area contributed by atoms with Crippen molar-refractivity contribution in [3.05, 3.63) is 123 Å². The smallest absolute Gasteiger partial charge is 0.247 e. The summed E-state index contributed by atoms with van der Waals surface area (Å²) in [5.74, 6) is -0.00347. The fourth-order valence-corrected chi connectivity index (χ4v) is 5.30. The van der Waals surface area contributed by atoms with E-state index in [0.717, 1.165) is 27.9 Å². The number of aromatic hydroxyl groups is 2. The van der Waals surface area contributed by atoms with Crippen molar-refractivity contribution in [2.45, 2.75) is 25.8 Å². The van der Waals surface area contributed by atoms with Crippen LogP contribution in [0.4, 0.5) is 5.69 Å². The topological polar surface area (TPSA) is 60.8 Å². The number of rotatable bonds is 4. The van der Waals surface area contributed by atoms with Crippen LogP contribution in [-0.2, 0) is 16.8 Å². The van der Waals surface area contributed by atoms with Crippen LogP contribution in [0.15, 0.2) is 84.9 Å². The third-order valence-electron chi connectivity index (χ3n) is 6.70. The SMILES string of the molecule is Cc1ccc(O)cc1C1(c2cc(O)ccc2C)C(=O)N(Cc2ccccc2Cl)c2ccccc21. The van der Waals surface area contributed by atoms with E-state index in [0.29, 0.717) is 22.7 Å². The van der Waals surface area contributed by atoms with Gasteiger partial charge in [0.15, 0.2) is 0 Å². The second kappa shape index (κ2) is 8.23. The molecule has 0 atom stereocenters. The summed E-state index contributed by atoms with van der Waals surface area (Å²) >= 11 is 6.47. The highest BCUT2D eigenvalue weighted by atomic mass is 35.5. The molecule has 0 radical (unpaired) electrons. The molecule has 4 aromatic carbocycles. The standard InChI is InChI=1S/C29H24ClNO3/c1-18-11-13-21(32)15-24(18)29(25-16-22(33)14-12-19(25)2)23-8-4-6-10-27(23)31(28(29)34)17-20-7-3-5-9-26(20)30/h3-16,32-33H,17H2,1-2H3. The van der Waals surface area contributed by atoms with Crippen LogP contribution in [0.3, 0.4) is 0 Å². The van der Waals surface area contributed by atoms with Crippen LogP contribution in [0.2, 0.25) is 5.02 Å². The van der Waals surface area contributed by atoms with Crippen molar-refractivity contribution in [1.82, 2.24) is 0 Å². The third-order valence-corrected chi connectivity index (χ3v) is 7.07. The van der Waals surface area contributed by atoms with E-state index in [1.165, 1.54) is 0 Å². The van der Waals surface area contributed by atoms with Crippen molar-refractivity contribution in [3.63, 3.8) is 0 Å². The molecule has 0 fully saturated rings. The monoisotopic (exact) mass is 469 g/mol. The van der Waals surface area contributed by atoms with Gasteiger partial charge in [0, 0.05) is 16.3 Å². The molecule has 1 heterocycles. The molecule has 5 heteroatoms. The Bertz CT molecular complexity index is 1380. The fraction of sp³-hybridized carbons (Fsp3) is 0.138. The van der Waals surface area contributed by atoms with Crippen molar-refractivity contribution < 1.29 is 15.0 Å². The summed E-state index contributed by atoms with van der Waals surface area (Å²) < 4.78 is 0. The molecule has 1 aliphatic rings. The Kier molecular flexibility index (Phi) is 5.34. The number of anilines is 1. The molecule has 34 heavy (non-hydrogen) atoms. The minimum atomic E-state index is -1.25. The lowest BCUT2D eigenvalue weighted by Crippen LogP contribution is -2.43. The highest BCUT2D eigenvalue weighted by Crippen LogP contribution is 2.53. The van der Waals surface area contributed by atoms with Gasteiger partial charge in [-0.1, -0.05) is 60.1 Å². The maximum atomic E-state index is 14.6. The first kappa shape index (κ1) is 22.1. The van der Waals surface area contributed by atoms with Crippen LogP contribution in [-0.4, -0.2) is 16.1 Å². The molecule has 4 aromatic rings. The maximum absolute atomic E-state index is 14.6. The quantitative estimate of drug-likeness (QED) is 0.371. The number of carbonyl (C=O) groups excluding carboxylic acids is 1. The van der Waals surface area contributed by atoms with Gasteiger partial charge in [-0.3, -0.25) is 4.79 Å². The fourth-order valence-electron chi connectivity index (χ4n) is 5.10. The zero-order valence-corrected chi connectivity index (χ0v) is 19.7. The summed E-state index contributed by atoms with van der Waals surface area (Å²) in [5, 5.41) is 21.5. The lowest BCUT2D eigenvalue weighted by Gasteiger charge is -2.33. The van der Waals surface area contributed by atoms with Gasteiger partial charge in [0.2, 0.25) is 5.91 Å². The maximum Gasteiger partial charge on any atom is 0.247 e. The van der Waals surface area contributed by atoms with Gasteiger partial charge in [-0.2, -0.15) is 0 Å². The van der Waals surface area contributed by atoms with Crippen LogP contribution in [0.5, 0.6) is 11.5 Å². The molecule has 1 aliphatic heterocycles. The number of carbonyl (C=O) groups is 1. The summed E-state index contributed by atoms with van der Waals surface area (Å²) in [6, 6.07) is 25.4. The van der Waals surface area contributed by atoms with E-state index in [-0.39, 0.29) is 17.4 Å². The van der Waals surface area contributed by atoms with Crippen LogP contribution < -0.4 is 4.90 Å². The number of halogens is 1. The Hall–Kier alpha value is -3.76. The molecule has 1 amide bonds. The predicted octanol–water partition coefficient (Wildman–Crippen LogP) is 6.25. The predicted molar refractivity (Wildman–Crippen MR) is 135 cm³/mol. The molecular formula is C29H24ClNO3. The van der Waals surface area contributed by atoms with Crippen molar-refractivity contribution >= 4 is 23.2 Å². The Balaban J connectivity index is 1.85. The number of nitrogens with zero attached hydrogens (tertiary/aromatic N) is 1. The highest BCUT2D eigenvalue weighted by Gasteiger charge is 2.54. The molecule has 5 rings (SSSR count). The Morgan fingerprint density at radius 1 is 0.765 bits per heavy atom. The number of fused-ring (bicyclic) bond motifs is 1.